The number of halogens is 1. The molecule has 0 saturated carbocycles. The van der Waals surface area contributed by atoms with E-state index >= 15 is 0 Å². The molecule has 3 rings (SSSR count). The SMILES string of the molecule is [C-]#[N+]c1ccc(N2C(=O)N(S(C)(=O)=O)[C@](C)(CCc3ccc(F)cc3)C2=O)cc1C. The molecule has 0 radical (unpaired) electrons. The maximum absolute atomic E-state index is 13.3. The van der Waals surface area contributed by atoms with Crippen LogP contribution in [0.3, 0.4) is 0 Å². The van der Waals surface area contributed by atoms with Gasteiger partial charge in [-0.1, -0.05) is 18.2 Å². The summed E-state index contributed by atoms with van der Waals surface area (Å²) >= 11 is 0. The summed E-state index contributed by atoms with van der Waals surface area (Å²) in [7, 11) is -4.05. The van der Waals surface area contributed by atoms with Crippen molar-refractivity contribution in [3.8, 4) is 0 Å². The van der Waals surface area contributed by atoms with Crippen LogP contribution in [0.1, 0.15) is 24.5 Å². The maximum Gasteiger partial charge on any atom is 0.346 e. The number of imide groups is 1. The van der Waals surface area contributed by atoms with Gasteiger partial charge in [0.05, 0.1) is 18.5 Å². The molecule has 1 atom stereocenters. The van der Waals surface area contributed by atoms with Crippen LogP contribution in [0.2, 0.25) is 0 Å². The number of anilines is 1. The minimum Gasteiger partial charge on any atom is -0.271 e. The number of rotatable bonds is 5. The lowest BCUT2D eigenvalue weighted by molar-refractivity contribution is -0.123. The van der Waals surface area contributed by atoms with Gasteiger partial charge in [0.25, 0.3) is 5.91 Å². The summed E-state index contributed by atoms with van der Waals surface area (Å²) in [6, 6.07) is 9.14. The molecule has 0 N–H and O–H groups in total. The first-order valence-corrected chi connectivity index (χ1v) is 11.0. The predicted molar refractivity (Wildman–Crippen MR) is 110 cm³/mol. The van der Waals surface area contributed by atoms with Crippen molar-refractivity contribution in [1.29, 1.82) is 0 Å². The highest BCUT2D eigenvalue weighted by atomic mass is 32.2. The molecule has 1 fully saturated rings. The molecule has 2 aromatic carbocycles. The largest absolute Gasteiger partial charge is 0.346 e. The van der Waals surface area contributed by atoms with E-state index in [1.807, 2.05) is 0 Å². The number of hydrogen-bond donors (Lipinski definition) is 0. The van der Waals surface area contributed by atoms with E-state index in [0.717, 1.165) is 11.2 Å². The van der Waals surface area contributed by atoms with Crippen LogP contribution >= 0.6 is 0 Å². The van der Waals surface area contributed by atoms with Gasteiger partial charge < -0.3 is 0 Å². The highest BCUT2D eigenvalue weighted by molar-refractivity contribution is 7.89. The topological polar surface area (TPSA) is 79.1 Å². The van der Waals surface area contributed by atoms with Crippen molar-refractivity contribution in [2.24, 2.45) is 0 Å². The number of nitrogens with zero attached hydrogens (tertiary/aromatic N) is 3. The quantitative estimate of drug-likeness (QED) is 0.535. The van der Waals surface area contributed by atoms with Gasteiger partial charge >= 0.3 is 6.03 Å². The van der Waals surface area contributed by atoms with E-state index < -0.39 is 33.3 Å². The fourth-order valence-corrected chi connectivity index (χ4v) is 4.87. The van der Waals surface area contributed by atoms with E-state index in [0.29, 0.717) is 21.1 Å². The van der Waals surface area contributed by atoms with E-state index in [1.54, 1.807) is 19.1 Å². The Kier molecular flexibility index (Phi) is 5.39. The van der Waals surface area contributed by atoms with Gasteiger partial charge in [-0.05, 0) is 62.1 Å². The zero-order valence-electron chi connectivity index (χ0n) is 16.7. The summed E-state index contributed by atoms with van der Waals surface area (Å²) in [6.07, 6.45) is 1.18. The molecule has 156 valence electrons. The average Bonchev–Trinajstić information content (AvgIpc) is 2.87. The molecule has 9 heteroatoms. The number of amides is 3. The number of benzene rings is 2. The Morgan fingerprint density at radius 1 is 1.13 bits per heavy atom. The zero-order chi connectivity index (χ0) is 22.3. The highest BCUT2D eigenvalue weighted by Crippen LogP contribution is 2.38. The number of aryl methyl sites for hydroxylation is 2. The van der Waals surface area contributed by atoms with Gasteiger partial charge in [0.2, 0.25) is 10.0 Å². The van der Waals surface area contributed by atoms with Crippen molar-refractivity contribution in [2.75, 3.05) is 11.2 Å². The van der Waals surface area contributed by atoms with Crippen molar-refractivity contribution >= 4 is 33.3 Å². The Hall–Kier alpha value is -3.25. The Bertz CT molecular complexity index is 1170. The molecule has 1 aliphatic rings. The lowest BCUT2D eigenvalue weighted by Gasteiger charge is -2.29. The lowest BCUT2D eigenvalue weighted by atomic mass is 9.93. The van der Waals surface area contributed by atoms with Crippen LogP contribution in [-0.4, -0.2) is 36.5 Å². The fourth-order valence-electron chi connectivity index (χ4n) is 3.60. The van der Waals surface area contributed by atoms with Gasteiger partial charge in [0, 0.05) is 0 Å². The summed E-state index contributed by atoms with van der Waals surface area (Å²) < 4.78 is 38.6. The van der Waals surface area contributed by atoms with Crippen LogP contribution in [0, 0.1) is 19.3 Å². The van der Waals surface area contributed by atoms with Gasteiger partial charge in [-0.2, -0.15) is 0 Å². The molecular weight excluding hydrogens is 409 g/mol. The number of hydrogen-bond acceptors (Lipinski definition) is 4. The lowest BCUT2D eigenvalue weighted by Crippen LogP contribution is -2.49. The fraction of sp³-hybridized carbons (Fsp3) is 0.286. The second-order valence-corrected chi connectivity index (χ2v) is 9.26. The van der Waals surface area contributed by atoms with Gasteiger partial charge in [-0.15, -0.1) is 0 Å². The van der Waals surface area contributed by atoms with Crippen molar-refractivity contribution in [1.82, 2.24) is 4.31 Å². The van der Waals surface area contributed by atoms with E-state index in [1.165, 1.54) is 37.3 Å². The first kappa shape index (κ1) is 21.5. The van der Waals surface area contributed by atoms with Crippen molar-refractivity contribution in [3.63, 3.8) is 0 Å². The van der Waals surface area contributed by atoms with E-state index in [-0.39, 0.29) is 18.5 Å². The Balaban J connectivity index is 2.01. The molecule has 30 heavy (non-hydrogen) atoms. The first-order chi connectivity index (χ1) is 14.0. The highest BCUT2D eigenvalue weighted by Gasteiger charge is 2.58. The van der Waals surface area contributed by atoms with Gasteiger partial charge in [-0.3, -0.25) is 4.79 Å². The number of urea groups is 1. The molecule has 0 unspecified atom stereocenters. The van der Waals surface area contributed by atoms with Gasteiger partial charge in [0.1, 0.15) is 11.4 Å². The van der Waals surface area contributed by atoms with Crippen LogP contribution in [-0.2, 0) is 21.2 Å². The third-order valence-corrected chi connectivity index (χ3v) is 6.40. The van der Waals surface area contributed by atoms with Crippen molar-refractivity contribution in [3.05, 3.63) is 70.8 Å². The van der Waals surface area contributed by atoms with Crippen LogP contribution < -0.4 is 4.90 Å². The number of carbonyl (C=O) groups is 2. The predicted octanol–water partition coefficient (Wildman–Crippen LogP) is 3.80. The summed E-state index contributed by atoms with van der Waals surface area (Å²) in [5.41, 5.74) is 0.215. The van der Waals surface area contributed by atoms with Gasteiger partial charge in [-0.25, -0.2) is 31.7 Å². The third kappa shape index (κ3) is 3.66. The molecule has 3 amide bonds. The molecule has 0 bridgehead atoms. The minimum absolute atomic E-state index is 0.0336. The second kappa shape index (κ2) is 7.54. The molecular formula is C21H20FN3O4S. The summed E-state index contributed by atoms with van der Waals surface area (Å²) in [4.78, 5) is 30.6. The van der Waals surface area contributed by atoms with Crippen molar-refractivity contribution < 1.29 is 22.4 Å². The van der Waals surface area contributed by atoms with Crippen molar-refractivity contribution in [2.45, 2.75) is 32.2 Å². The Morgan fingerprint density at radius 2 is 1.77 bits per heavy atom. The smallest absolute Gasteiger partial charge is 0.271 e. The molecule has 0 aliphatic carbocycles. The minimum atomic E-state index is -4.05. The monoisotopic (exact) mass is 429 g/mol. The second-order valence-electron chi connectivity index (χ2n) is 7.43. The van der Waals surface area contributed by atoms with E-state index in [4.69, 9.17) is 6.57 Å². The average molecular weight is 429 g/mol. The maximum atomic E-state index is 13.3. The number of carbonyl (C=O) groups excluding carboxylic acids is 2. The summed E-state index contributed by atoms with van der Waals surface area (Å²) in [5, 5.41) is 0. The van der Waals surface area contributed by atoms with E-state index in [2.05, 4.69) is 4.85 Å². The van der Waals surface area contributed by atoms with Gasteiger partial charge in [0.15, 0.2) is 5.69 Å². The molecule has 7 nitrogen and oxygen atoms in total. The number of sulfonamides is 1. The van der Waals surface area contributed by atoms with Crippen LogP contribution in [0.15, 0.2) is 42.5 Å². The van der Waals surface area contributed by atoms with Crippen LogP contribution in [0.4, 0.5) is 20.6 Å². The molecule has 1 aliphatic heterocycles. The summed E-state index contributed by atoms with van der Waals surface area (Å²) in [5.74, 6) is -1.07. The first-order valence-electron chi connectivity index (χ1n) is 9.10. The molecule has 0 spiro atoms. The molecule has 0 aromatic heterocycles. The molecule has 1 heterocycles. The molecule has 2 aromatic rings. The Labute approximate surface area is 174 Å². The molecule has 1 saturated heterocycles. The Morgan fingerprint density at radius 3 is 2.30 bits per heavy atom. The third-order valence-electron chi connectivity index (χ3n) is 5.18. The normalized spacial score (nSPS) is 19.3. The standard InChI is InChI=1S/C21H20FN3O4S/c1-14-13-17(9-10-18(14)23-3)24-19(26)21(2,25(20(24)27)30(4,28)29)12-11-15-5-7-16(22)8-6-15/h5-10,13H,11-12H2,1-2,4H3/t21-/m1/s1. The van der Waals surface area contributed by atoms with Crippen LogP contribution in [0.5, 0.6) is 0 Å². The van der Waals surface area contributed by atoms with E-state index in [9.17, 15) is 22.4 Å². The van der Waals surface area contributed by atoms with Crippen LogP contribution in [0.25, 0.3) is 4.85 Å². The summed E-state index contributed by atoms with van der Waals surface area (Å²) in [6.45, 7) is 10.2. The zero-order valence-corrected chi connectivity index (χ0v) is 17.5.